The van der Waals surface area contributed by atoms with Crippen molar-refractivity contribution in [2.75, 3.05) is 19.8 Å². The van der Waals surface area contributed by atoms with E-state index in [-0.39, 0.29) is 44.0 Å². The molecule has 3 rings (SSSR count). The van der Waals surface area contributed by atoms with Crippen LogP contribution in [-0.2, 0) is 32.1 Å². The second-order valence-corrected chi connectivity index (χ2v) is 9.10. The summed E-state index contributed by atoms with van der Waals surface area (Å²) in [7, 11) is 0. The minimum absolute atomic E-state index is 0.0286. The van der Waals surface area contributed by atoms with E-state index >= 15 is 0 Å². The predicted octanol–water partition coefficient (Wildman–Crippen LogP) is 3.41. The Kier molecular flexibility index (Phi) is 11.2. The molecule has 2 aromatic carbocycles. The molecule has 0 unspecified atom stereocenters. The van der Waals surface area contributed by atoms with Crippen LogP contribution in [0.4, 0.5) is 0 Å². The zero-order valence-electron chi connectivity index (χ0n) is 20.7. The van der Waals surface area contributed by atoms with Crippen molar-refractivity contribution in [2.45, 2.75) is 51.1 Å². The van der Waals surface area contributed by atoms with Gasteiger partial charge in [0.1, 0.15) is 6.61 Å². The number of allylic oxidation sites excluding steroid dienone is 2. The number of nitrogens with zero attached hydrogens (tertiary/aromatic N) is 1. The first kappa shape index (κ1) is 27.1. The van der Waals surface area contributed by atoms with Gasteiger partial charge in [0.2, 0.25) is 11.8 Å². The number of aliphatic hydroxyl groups excluding tert-OH is 1. The molecule has 2 aromatic rings. The maximum Gasteiger partial charge on any atom is 0.305 e. The van der Waals surface area contributed by atoms with Gasteiger partial charge >= 0.3 is 5.97 Å². The van der Waals surface area contributed by atoms with E-state index in [1.165, 1.54) is 0 Å². The topological polar surface area (TPSA) is 95.9 Å². The van der Waals surface area contributed by atoms with Gasteiger partial charge in [-0.1, -0.05) is 72.8 Å². The number of hydrogen-bond donors (Lipinski definition) is 2. The summed E-state index contributed by atoms with van der Waals surface area (Å²) in [5.41, 5.74) is 1.98. The molecule has 7 heteroatoms. The Labute approximate surface area is 213 Å². The van der Waals surface area contributed by atoms with Gasteiger partial charge in [-0.15, -0.1) is 0 Å². The standard InChI is InChI=1S/C29H36N2O5/c32-18-17-31(21-24-13-7-4-8-14-24)27(33)20-25-15-9-1-2-10-16-28(34)36-22-26(30-29(25)35)19-23-11-5-3-6-12-23/h1,3-9,11-14,25-26,32H,2,10,15-22H2,(H,30,35)/t25-,26+/m1/s1. The Hall–Kier alpha value is -3.45. The molecule has 0 radical (unpaired) electrons. The third-order valence-electron chi connectivity index (χ3n) is 6.19. The molecule has 0 saturated heterocycles. The van der Waals surface area contributed by atoms with Crippen LogP contribution >= 0.6 is 0 Å². The molecule has 2 amide bonds. The van der Waals surface area contributed by atoms with Crippen molar-refractivity contribution in [1.82, 2.24) is 10.2 Å². The summed E-state index contributed by atoms with van der Waals surface area (Å²) in [6.07, 6.45) is 6.53. The maximum absolute atomic E-state index is 13.4. The van der Waals surface area contributed by atoms with Crippen LogP contribution < -0.4 is 5.32 Å². The fourth-order valence-corrected chi connectivity index (χ4v) is 4.22. The highest BCUT2D eigenvalue weighted by molar-refractivity contribution is 5.86. The van der Waals surface area contributed by atoms with Crippen molar-refractivity contribution in [2.24, 2.45) is 5.92 Å². The zero-order valence-corrected chi connectivity index (χ0v) is 20.7. The number of nitrogens with one attached hydrogen (secondary N) is 1. The van der Waals surface area contributed by atoms with E-state index in [4.69, 9.17) is 4.74 Å². The quantitative estimate of drug-likeness (QED) is 0.435. The summed E-state index contributed by atoms with van der Waals surface area (Å²) < 4.78 is 5.46. The Balaban J connectivity index is 1.74. The van der Waals surface area contributed by atoms with Crippen LogP contribution in [0.15, 0.2) is 72.8 Å². The van der Waals surface area contributed by atoms with Crippen LogP contribution in [0.1, 0.15) is 43.2 Å². The molecular weight excluding hydrogens is 456 g/mol. The van der Waals surface area contributed by atoms with Crippen molar-refractivity contribution in [3.05, 3.63) is 83.9 Å². The molecule has 0 spiro atoms. The molecule has 1 aliphatic heterocycles. The lowest BCUT2D eigenvalue weighted by Crippen LogP contribution is -2.44. The molecule has 0 bridgehead atoms. The molecule has 2 N–H and O–H groups in total. The Morgan fingerprint density at radius 2 is 1.69 bits per heavy atom. The number of benzene rings is 2. The van der Waals surface area contributed by atoms with E-state index in [0.29, 0.717) is 38.6 Å². The normalized spacial score (nSPS) is 19.2. The van der Waals surface area contributed by atoms with E-state index < -0.39 is 12.0 Å². The first-order chi connectivity index (χ1) is 17.5. The minimum atomic E-state index is -0.569. The van der Waals surface area contributed by atoms with Gasteiger partial charge in [0.05, 0.1) is 18.6 Å². The molecule has 0 fully saturated rings. The summed E-state index contributed by atoms with van der Waals surface area (Å²) in [5, 5.41) is 12.6. The number of amides is 2. The lowest BCUT2D eigenvalue weighted by molar-refractivity contribution is -0.145. The zero-order chi connectivity index (χ0) is 25.6. The van der Waals surface area contributed by atoms with Crippen molar-refractivity contribution in [3.63, 3.8) is 0 Å². The Morgan fingerprint density at radius 1 is 1.00 bits per heavy atom. The van der Waals surface area contributed by atoms with E-state index in [0.717, 1.165) is 11.1 Å². The highest BCUT2D eigenvalue weighted by Gasteiger charge is 2.27. The lowest BCUT2D eigenvalue weighted by Gasteiger charge is -2.26. The van der Waals surface area contributed by atoms with Crippen molar-refractivity contribution >= 4 is 17.8 Å². The molecule has 1 aliphatic rings. The van der Waals surface area contributed by atoms with Crippen molar-refractivity contribution in [3.8, 4) is 0 Å². The first-order valence-corrected chi connectivity index (χ1v) is 12.6. The lowest BCUT2D eigenvalue weighted by atomic mass is 9.97. The van der Waals surface area contributed by atoms with E-state index in [9.17, 15) is 19.5 Å². The van der Waals surface area contributed by atoms with Gasteiger partial charge in [-0.25, -0.2) is 0 Å². The average molecular weight is 493 g/mol. The van der Waals surface area contributed by atoms with Gasteiger partial charge in [0.15, 0.2) is 0 Å². The van der Waals surface area contributed by atoms with Crippen molar-refractivity contribution < 1.29 is 24.2 Å². The SMILES string of the molecule is O=C1CCCC=CC[C@H](CC(=O)N(CCO)Cc2ccccc2)C(=O)N[C@@H](Cc2ccccc2)CO1. The molecular formula is C29H36N2O5. The summed E-state index contributed by atoms with van der Waals surface area (Å²) in [6, 6.07) is 18.9. The fraction of sp³-hybridized carbons (Fsp3) is 0.414. The van der Waals surface area contributed by atoms with Crippen LogP contribution in [0.2, 0.25) is 0 Å². The van der Waals surface area contributed by atoms with Crippen molar-refractivity contribution in [1.29, 1.82) is 0 Å². The predicted molar refractivity (Wildman–Crippen MR) is 138 cm³/mol. The Morgan fingerprint density at radius 3 is 2.39 bits per heavy atom. The molecule has 7 nitrogen and oxygen atoms in total. The second-order valence-electron chi connectivity index (χ2n) is 9.10. The molecule has 0 aromatic heterocycles. The number of carbonyl (C=O) groups is 3. The monoisotopic (exact) mass is 492 g/mol. The largest absolute Gasteiger partial charge is 0.463 e. The number of cyclic esters (lactones) is 1. The maximum atomic E-state index is 13.4. The van der Waals surface area contributed by atoms with Gasteiger partial charge in [-0.3, -0.25) is 14.4 Å². The number of rotatable bonds is 8. The number of hydrogen-bond acceptors (Lipinski definition) is 5. The first-order valence-electron chi connectivity index (χ1n) is 12.6. The highest BCUT2D eigenvalue weighted by Crippen LogP contribution is 2.17. The molecule has 2 atom stereocenters. The Bertz CT molecular complexity index is 993. The molecule has 192 valence electrons. The smallest absolute Gasteiger partial charge is 0.305 e. The highest BCUT2D eigenvalue weighted by atomic mass is 16.5. The third-order valence-corrected chi connectivity index (χ3v) is 6.19. The summed E-state index contributed by atoms with van der Waals surface area (Å²) in [4.78, 5) is 40.3. The number of esters is 1. The molecule has 0 saturated carbocycles. The van der Waals surface area contributed by atoms with Crippen LogP contribution in [0.3, 0.4) is 0 Å². The van der Waals surface area contributed by atoms with Gasteiger partial charge in [-0.05, 0) is 36.8 Å². The fourth-order valence-electron chi connectivity index (χ4n) is 4.22. The number of aliphatic hydroxyl groups is 1. The van der Waals surface area contributed by atoms with Crippen LogP contribution in [0, 0.1) is 5.92 Å². The number of ether oxygens (including phenoxy) is 1. The van der Waals surface area contributed by atoms with E-state index in [2.05, 4.69) is 5.32 Å². The van der Waals surface area contributed by atoms with Crippen LogP contribution in [0.25, 0.3) is 0 Å². The molecule has 1 heterocycles. The summed E-state index contributed by atoms with van der Waals surface area (Å²) >= 11 is 0. The summed E-state index contributed by atoms with van der Waals surface area (Å²) in [6.45, 7) is 0.500. The van der Waals surface area contributed by atoms with E-state index in [1.807, 2.05) is 72.8 Å². The van der Waals surface area contributed by atoms with Crippen LogP contribution in [0.5, 0.6) is 0 Å². The van der Waals surface area contributed by atoms with Gasteiger partial charge in [0.25, 0.3) is 0 Å². The molecule has 36 heavy (non-hydrogen) atoms. The third kappa shape index (κ3) is 9.30. The van der Waals surface area contributed by atoms with Gasteiger partial charge in [0, 0.05) is 25.9 Å². The molecule has 0 aliphatic carbocycles. The summed E-state index contributed by atoms with van der Waals surface area (Å²) in [5.74, 6) is -1.27. The second kappa shape index (κ2) is 14.8. The minimum Gasteiger partial charge on any atom is -0.463 e. The van der Waals surface area contributed by atoms with Gasteiger partial charge in [-0.2, -0.15) is 0 Å². The number of carbonyl (C=O) groups excluding carboxylic acids is 3. The van der Waals surface area contributed by atoms with Gasteiger partial charge < -0.3 is 20.1 Å². The average Bonchev–Trinajstić information content (AvgIpc) is 2.90. The van der Waals surface area contributed by atoms with Crippen LogP contribution in [-0.4, -0.2) is 53.6 Å². The van der Waals surface area contributed by atoms with E-state index in [1.54, 1.807) is 4.90 Å².